The van der Waals surface area contributed by atoms with Crippen molar-refractivity contribution in [2.45, 2.75) is 6.42 Å². The second-order valence-electron chi connectivity index (χ2n) is 5.39. The summed E-state index contributed by atoms with van der Waals surface area (Å²) in [6.07, 6.45) is 2.11. The monoisotopic (exact) mass is 340 g/mol. The van der Waals surface area contributed by atoms with Crippen LogP contribution in [0.3, 0.4) is 0 Å². The molecule has 128 valence electrons. The zero-order valence-electron chi connectivity index (χ0n) is 13.7. The largest absolute Gasteiger partial charge is 0.497 e. The van der Waals surface area contributed by atoms with Crippen LogP contribution in [0.25, 0.3) is 11.5 Å². The Morgan fingerprint density at radius 1 is 1.16 bits per heavy atom. The number of rotatable bonds is 6. The van der Waals surface area contributed by atoms with E-state index in [9.17, 15) is 9.18 Å². The molecule has 0 fully saturated rings. The van der Waals surface area contributed by atoms with E-state index in [1.807, 2.05) is 24.3 Å². The van der Waals surface area contributed by atoms with Gasteiger partial charge in [-0.2, -0.15) is 0 Å². The Bertz CT molecular complexity index is 842. The topological polar surface area (TPSA) is 64.4 Å². The molecular weight excluding hydrogens is 323 g/mol. The summed E-state index contributed by atoms with van der Waals surface area (Å²) >= 11 is 0. The van der Waals surface area contributed by atoms with E-state index in [4.69, 9.17) is 9.15 Å². The second kappa shape index (κ2) is 7.61. The minimum Gasteiger partial charge on any atom is -0.497 e. The fourth-order valence-corrected chi connectivity index (χ4v) is 2.30. The molecule has 25 heavy (non-hydrogen) atoms. The number of amides is 1. The molecule has 0 radical (unpaired) electrons. The van der Waals surface area contributed by atoms with Gasteiger partial charge in [-0.25, -0.2) is 9.37 Å². The van der Waals surface area contributed by atoms with Crippen LogP contribution in [-0.2, 0) is 6.42 Å². The van der Waals surface area contributed by atoms with Crippen LogP contribution in [0.15, 0.2) is 59.2 Å². The average Bonchev–Trinajstić information content (AvgIpc) is 3.11. The highest BCUT2D eigenvalue weighted by atomic mass is 19.1. The Labute approximate surface area is 144 Å². The molecule has 1 aromatic heterocycles. The molecule has 0 aliphatic rings. The molecule has 0 bridgehead atoms. The lowest BCUT2D eigenvalue weighted by molar-refractivity contribution is 0.0954. The van der Waals surface area contributed by atoms with Gasteiger partial charge in [-0.3, -0.25) is 4.79 Å². The minimum atomic E-state index is -0.370. The van der Waals surface area contributed by atoms with Gasteiger partial charge in [0.1, 0.15) is 17.8 Å². The first kappa shape index (κ1) is 16.7. The normalized spacial score (nSPS) is 10.5. The molecule has 0 aliphatic heterocycles. The number of oxazole rings is 1. The van der Waals surface area contributed by atoms with Crippen molar-refractivity contribution in [3.8, 4) is 17.2 Å². The van der Waals surface area contributed by atoms with Crippen molar-refractivity contribution >= 4 is 5.91 Å². The van der Waals surface area contributed by atoms with Crippen LogP contribution in [0.2, 0.25) is 0 Å². The fraction of sp³-hybridized carbons (Fsp3) is 0.158. The van der Waals surface area contributed by atoms with Crippen molar-refractivity contribution in [2.75, 3.05) is 13.7 Å². The predicted molar refractivity (Wildman–Crippen MR) is 90.9 cm³/mol. The van der Waals surface area contributed by atoms with Gasteiger partial charge in [0, 0.05) is 24.1 Å². The molecule has 0 saturated heterocycles. The summed E-state index contributed by atoms with van der Waals surface area (Å²) in [6.45, 7) is 0.408. The molecule has 5 nitrogen and oxygen atoms in total. The first-order valence-corrected chi connectivity index (χ1v) is 7.78. The number of methoxy groups -OCH3 is 1. The maximum absolute atomic E-state index is 12.9. The Balaban J connectivity index is 1.54. The van der Waals surface area contributed by atoms with Crippen LogP contribution in [-0.4, -0.2) is 24.5 Å². The SMILES string of the molecule is COc1ccc(-c2nc(CCNC(=O)c3ccc(F)cc3)co2)cc1. The maximum Gasteiger partial charge on any atom is 0.251 e. The van der Waals surface area contributed by atoms with Gasteiger partial charge < -0.3 is 14.5 Å². The van der Waals surface area contributed by atoms with Gasteiger partial charge in [0.25, 0.3) is 5.91 Å². The zero-order chi connectivity index (χ0) is 17.6. The second-order valence-corrected chi connectivity index (χ2v) is 5.39. The van der Waals surface area contributed by atoms with E-state index in [0.717, 1.165) is 17.0 Å². The highest BCUT2D eigenvalue weighted by Gasteiger charge is 2.09. The number of ether oxygens (including phenoxy) is 1. The number of hydrogen-bond acceptors (Lipinski definition) is 4. The van der Waals surface area contributed by atoms with Crippen LogP contribution in [0.4, 0.5) is 4.39 Å². The van der Waals surface area contributed by atoms with E-state index < -0.39 is 0 Å². The van der Waals surface area contributed by atoms with Crippen LogP contribution < -0.4 is 10.1 Å². The number of aromatic nitrogens is 1. The third kappa shape index (κ3) is 4.23. The summed E-state index contributed by atoms with van der Waals surface area (Å²) < 4.78 is 23.4. The van der Waals surface area contributed by atoms with Crippen molar-refractivity contribution in [3.63, 3.8) is 0 Å². The van der Waals surface area contributed by atoms with Gasteiger partial charge in [0.05, 0.1) is 12.8 Å². The molecule has 1 heterocycles. The number of halogens is 1. The standard InChI is InChI=1S/C19H17FN2O3/c1-24-17-8-4-14(5-9-17)19-22-16(12-25-19)10-11-21-18(23)13-2-6-15(20)7-3-13/h2-9,12H,10-11H2,1H3,(H,21,23). The van der Waals surface area contributed by atoms with Gasteiger partial charge in [-0.15, -0.1) is 0 Å². The predicted octanol–water partition coefficient (Wildman–Crippen LogP) is 3.46. The number of benzene rings is 2. The maximum atomic E-state index is 12.9. The number of carbonyl (C=O) groups excluding carboxylic acids is 1. The Kier molecular flexibility index (Phi) is 5.09. The van der Waals surface area contributed by atoms with Gasteiger partial charge in [0.2, 0.25) is 5.89 Å². The van der Waals surface area contributed by atoms with Crippen molar-refractivity contribution in [1.29, 1.82) is 0 Å². The van der Waals surface area contributed by atoms with Gasteiger partial charge >= 0.3 is 0 Å². The lowest BCUT2D eigenvalue weighted by atomic mass is 10.2. The van der Waals surface area contributed by atoms with E-state index in [1.54, 1.807) is 13.4 Å². The number of nitrogens with one attached hydrogen (secondary N) is 1. The lowest BCUT2D eigenvalue weighted by Crippen LogP contribution is -2.25. The molecular formula is C19H17FN2O3. The van der Waals surface area contributed by atoms with E-state index in [0.29, 0.717) is 24.4 Å². The van der Waals surface area contributed by atoms with Gasteiger partial charge in [-0.05, 0) is 48.5 Å². The highest BCUT2D eigenvalue weighted by Crippen LogP contribution is 2.21. The van der Waals surface area contributed by atoms with Gasteiger partial charge in [-0.1, -0.05) is 0 Å². The van der Waals surface area contributed by atoms with Crippen LogP contribution >= 0.6 is 0 Å². The first-order chi connectivity index (χ1) is 12.2. The number of nitrogens with zero attached hydrogens (tertiary/aromatic N) is 1. The summed E-state index contributed by atoms with van der Waals surface area (Å²) in [4.78, 5) is 16.4. The van der Waals surface area contributed by atoms with Crippen molar-refractivity contribution < 1.29 is 18.3 Å². The molecule has 0 atom stereocenters. The average molecular weight is 340 g/mol. The van der Waals surface area contributed by atoms with Crippen molar-refractivity contribution in [3.05, 3.63) is 71.9 Å². The third-order valence-electron chi connectivity index (χ3n) is 3.66. The van der Waals surface area contributed by atoms with Crippen LogP contribution in [0, 0.1) is 5.82 Å². The summed E-state index contributed by atoms with van der Waals surface area (Å²) in [5.41, 5.74) is 2.01. The van der Waals surface area contributed by atoms with Crippen LogP contribution in [0.1, 0.15) is 16.1 Å². The third-order valence-corrected chi connectivity index (χ3v) is 3.66. The molecule has 1 amide bonds. The minimum absolute atomic E-state index is 0.251. The van der Waals surface area contributed by atoms with E-state index >= 15 is 0 Å². The van der Waals surface area contributed by atoms with E-state index in [-0.39, 0.29) is 11.7 Å². The van der Waals surface area contributed by atoms with E-state index in [2.05, 4.69) is 10.3 Å². The molecule has 0 unspecified atom stereocenters. The number of carbonyl (C=O) groups is 1. The van der Waals surface area contributed by atoms with Crippen molar-refractivity contribution in [1.82, 2.24) is 10.3 Å². The van der Waals surface area contributed by atoms with Crippen molar-refractivity contribution in [2.24, 2.45) is 0 Å². The molecule has 3 aromatic rings. The fourth-order valence-electron chi connectivity index (χ4n) is 2.30. The van der Waals surface area contributed by atoms with Gasteiger partial charge in [0.15, 0.2) is 0 Å². The molecule has 1 N–H and O–H groups in total. The molecule has 6 heteroatoms. The van der Waals surface area contributed by atoms with Crippen LogP contribution in [0.5, 0.6) is 5.75 Å². The molecule has 2 aromatic carbocycles. The molecule has 3 rings (SSSR count). The molecule has 0 spiro atoms. The molecule has 0 aliphatic carbocycles. The summed E-state index contributed by atoms with van der Waals surface area (Å²) in [5.74, 6) is 0.658. The summed E-state index contributed by atoms with van der Waals surface area (Å²) in [7, 11) is 1.61. The Hall–Kier alpha value is -3.15. The van der Waals surface area contributed by atoms with E-state index in [1.165, 1.54) is 24.3 Å². The lowest BCUT2D eigenvalue weighted by Gasteiger charge is -2.03. The summed E-state index contributed by atoms with van der Waals surface area (Å²) in [6, 6.07) is 12.8. The molecule has 0 saturated carbocycles. The highest BCUT2D eigenvalue weighted by molar-refractivity contribution is 5.94. The zero-order valence-corrected chi connectivity index (χ0v) is 13.7. The Morgan fingerprint density at radius 3 is 2.56 bits per heavy atom. The smallest absolute Gasteiger partial charge is 0.251 e. The quantitative estimate of drug-likeness (QED) is 0.746. The first-order valence-electron chi connectivity index (χ1n) is 7.78. The Morgan fingerprint density at radius 2 is 1.88 bits per heavy atom. The summed E-state index contributed by atoms with van der Waals surface area (Å²) in [5, 5.41) is 2.77. The number of hydrogen-bond donors (Lipinski definition) is 1.